The number of nitrogens with one attached hydrogen (secondary N) is 1. The molecule has 3 aromatic rings. The van der Waals surface area contributed by atoms with Crippen LogP contribution >= 0.6 is 0 Å². The predicted octanol–water partition coefficient (Wildman–Crippen LogP) is 6.07. The number of aliphatic hydroxyl groups is 1. The van der Waals surface area contributed by atoms with E-state index in [1.807, 2.05) is 87.7 Å². The van der Waals surface area contributed by atoms with E-state index in [0.717, 1.165) is 35.8 Å². The van der Waals surface area contributed by atoms with Crippen molar-refractivity contribution in [2.75, 3.05) is 26.3 Å². The van der Waals surface area contributed by atoms with E-state index in [1.54, 1.807) is 12.3 Å². The molecule has 1 heterocycles. The number of allylic oxidation sites excluding steroid dienone is 2. The summed E-state index contributed by atoms with van der Waals surface area (Å²) in [6.45, 7) is 9.43. The Bertz CT molecular complexity index is 1650. The van der Waals surface area contributed by atoms with Gasteiger partial charge < -0.3 is 30.4 Å². The molecule has 2 aromatic carbocycles. The van der Waals surface area contributed by atoms with E-state index >= 15 is 0 Å². The molecule has 3 rings (SSSR count). The van der Waals surface area contributed by atoms with Crippen molar-refractivity contribution in [1.82, 2.24) is 14.8 Å². The van der Waals surface area contributed by atoms with Crippen molar-refractivity contribution in [2.45, 2.75) is 72.5 Å². The van der Waals surface area contributed by atoms with Gasteiger partial charge in [-0.25, -0.2) is 8.78 Å². The highest BCUT2D eigenvalue weighted by Crippen LogP contribution is 2.41. The topological polar surface area (TPSA) is 127 Å². The van der Waals surface area contributed by atoms with Crippen LogP contribution in [0.4, 0.5) is 8.78 Å². The lowest BCUT2D eigenvalue weighted by molar-refractivity contribution is -0.142. The molecular formula is C39H50F2N4O5. The maximum absolute atomic E-state index is 15.0. The molecule has 2 unspecified atom stereocenters. The number of hydrogen-bond acceptors (Lipinski definition) is 6. The van der Waals surface area contributed by atoms with Gasteiger partial charge >= 0.3 is 5.97 Å². The zero-order chi connectivity index (χ0) is 36.8. The van der Waals surface area contributed by atoms with E-state index in [1.165, 1.54) is 4.90 Å². The van der Waals surface area contributed by atoms with Crippen LogP contribution in [-0.2, 0) is 25.7 Å². The summed E-state index contributed by atoms with van der Waals surface area (Å²) >= 11 is 0. The van der Waals surface area contributed by atoms with E-state index in [-0.39, 0.29) is 38.1 Å². The number of carbonyl (C=O) groups excluding carboxylic acids is 3. The van der Waals surface area contributed by atoms with Crippen LogP contribution in [0.25, 0.3) is 11.1 Å². The number of nitrogens with zero attached hydrogens (tertiary/aromatic N) is 2. The maximum Gasteiger partial charge on any atom is 0.307 e. The van der Waals surface area contributed by atoms with Gasteiger partial charge in [0.1, 0.15) is 24.8 Å². The number of benzene rings is 2. The number of esters is 1. The first-order chi connectivity index (χ1) is 23.8. The Labute approximate surface area is 293 Å². The lowest BCUT2D eigenvalue weighted by Gasteiger charge is -2.41. The second kappa shape index (κ2) is 19.0. The Hall–Kier alpha value is -4.61. The molecule has 0 spiro atoms. The van der Waals surface area contributed by atoms with Gasteiger partial charge in [0.15, 0.2) is 0 Å². The number of halogens is 2. The molecule has 0 radical (unpaired) electrons. The molecule has 11 heteroatoms. The van der Waals surface area contributed by atoms with Crippen LogP contribution in [-0.4, -0.2) is 64.7 Å². The average molecular weight is 693 g/mol. The Morgan fingerprint density at radius 1 is 1.10 bits per heavy atom. The Balaban J connectivity index is 1.82. The zero-order valence-electron chi connectivity index (χ0n) is 29.6. The fourth-order valence-corrected chi connectivity index (χ4v) is 5.82. The van der Waals surface area contributed by atoms with Gasteiger partial charge in [-0.3, -0.25) is 14.4 Å². The minimum absolute atomic E-state index is 0.00954. The van der Waals surface area contributed by atoms with Crippen LogP contribution in [0.3, 0.4) is 0 Å². The molecule has 2 amide bonds. The highest BCUT2D eigenvalue weighted by Gasteiger charge is 2.37. The summed E-state index contributed by atoms with van der Waals surface area (Å²) in [7, 11) is 0. The van der Waals surface area contributed by atoms with Crippen molar-refractivity contribution in [2.24, 2.45) is 11.1 Å². The second-order valence-electron chi connectivity index (χ2n) is 13.2. The molecule has 50 heavy (non-hydrogen) atoms. The minimum atomic E-state index is -1.03. The van der Waals surface area contributed by atoms with Gasteiger partial charge in [0.05, 0.1) is 18.5 Å². The number of rotatable bonds is 17. The van der Waals surface area contributed by atoms with Gasteiger partial charge in [0.25, 0.3) is 0 Å². The smallest absolute Gasteiger partial charge is 0.307 e. The third-order valence-electron chi connectivity index (χ3n) is 8.13. The Kier molecular flexibility index (Phi) is 15.1. The molecule has 4 N–H and O–H groups in total. The molecule has 2 atom stereocenters. The first-order valence-electron chi connectivity index (χ1n) is 16.9. The van der Waals surface area contributed by atoms with Crippen molar-refractivity contribution >= 4 is 17.8 Å². The van der Waals surface area contributed by atoms with Crippen LogP contribution < -0.4 is 11.1 Å². The van der Waals surface area contributed by atoms with E-state index in [2.05, 4.69) is 5.32 Å². The molecule has 270 valence electrons. The van der Waals surface area contributed by atoms with Crippen molar-refractivity contribution < 1.29 is 33.0 Å². The molecule has 0 saturated heterocycles. The summed E-state index contributed by atoms with van der Waals surface area (Å²) in [5.74, 6) is -2.73. The number of aliphatic hydroxyl groups excluding tert-OH is 1. The molecular weight excluding hydrogens is 642 g/mol. The standard InChI is InChI=1S/C39H50F2N4O5/c1-6-11-28(12-7-2)26-50-36(48)17-19-43-38(49)33(42)18-20-45(35(47)25-46)37(39(3,4)5)34-21-29(31-22-30(40)15-16-32(31)41)24-44(34)23-27-13-9-8-10-14-27/h6,8-16,21-22,24,33,37,46H,7,17-20,23,25-26,42H2,1-5H3,(H,43,49)/b11-6-,28-12+. The second-order valence-corrected chi connectivity index (χ2v) is 13.2. The van der Waals surface area contributed by atoms with Crippen molar-refractivity contribution in [3.05, 3.63) is 107 Å². The molecule has 0 aliphatic heterocycles. The van der Waals surface area contributed by atoms with E-state index in [4.69, 9.17) is 10.5 Å². The number of carbonyl (C=O) groups is 3. The minimum Gasteiger partial charge on any atom is -0.461 e. The summed E-state index contributed by atoms with van der Waals surface area (Å²) in [5.41, 5.74) is 8.59. The monoisotopic (exact) mass is 692 g/mol. The van der Waals surface area contributed by atoms with Crippen LogP contribution in [0.5, 0.6) is 0 Å². The van der Waals surface area contributed by atoms with Crippen molar-refractivity contribution in [3.8, 4) is 11.1 Å². The van der Waals surface area contributed by atoms with Crippen LogP contribution in [0.1, 0.15) is 71.2 Å². The fourth-order valence-electron chi connectivity index (χ4n) is 5.82. The average Bonchev–Trinajstić information content (AvgIpc) is 3.48. The van der Waals surface area contributed by atoms with Crippen LogP contribution in [0.15, 0.2) is 84.6 Å². The zero-order valence-corrected chi connectivity index (χ0v) is 29.6. The number of nitrogens with two attached hydrogens (primary N) is 1. The van der Waals surface area contributed by atoms with Gasteiger partial charge in [-0.2, -0.15) is 0 Å². The van der Waals surface area contributed by atoms with E-state index < -0.39 is 53.5 Å². The first kappa shape index (κ1) is 39.8. The van der Waals surface area contributed by atoms with Gasteiger partial charge in [0, 0.05) is 42.7 Å². The van der Waals surface area contributed by atoms with Gasteiger partial charge in [-0.05, 0) is 60.6 Å². The number of hydrogen-bond donors (Lipinski definition) is 3. The first-order valence-corrected chi connectivity index (χ1v) is 16.9. The molecule has 0 bridgehead atoms. The number of amides is 2. The molecule has 0 saturated carbocycles. The predicted molar refractivity (Wildman–Crippen MR) is 191 cm³/mol. The molecule has 0 aliphatic rings. The lowest BCUT2D eigenvalue weighted by Crippen LogP contribution is -2.47. The normalized spacial score (nSPS) is 13.3. The summed E-state index contributed by atoms with van der Waals surface area (Å²) in [6, 6.07) is 12.9. The lowest BCUT2D eigenvalue weighted by atomic mass is 9.82. The summed E-state index contributed by atoms with van der Waals surface area (Å²) < 4.78 is 36.5. The molecule has 0 fully saturated rings. The molecule has 1 aromatic heterocycles. The van der Waals surface area contributed by atoms with Gasteiger partial charge in [-0.1, -0.05) is 76.3 Å². The third kappa shape index (κ3) is 11.5. The van der Waals surface area contributed by atoms with Crippen LogP contribution in [0.2, 0.25) is 0 Å². The summed E-state index contributed by atoms with van der Waals surface area (Å²) in [4.78, 5) is 40.0. The third-order valence-corrected chi connectivity index (χ3v) is 8.13. The maximum atomic E-state index is 15.0. The van der Waals surface area contributed by atoms with Gasteiger partial charge in [0.2, 0.25) is 11.8 Å². The van der Waals surface area contributed by atoms with E-state index in [9.17, 15) is 28.3 Å². The highest BCUT2D eigenvalue weighted by molar-refractivity contribution is 5.82. The van der Waals surface area contributed by atoms with E-state index in [0.29, 0.717) is 17.8 Å². The summed E-state index contributed by atoms with van der Waals surface area (Å²) in [5, 5.41) is 12.7. The molecule has 9 nitrogen and oxygen atoms in total. The Morgan fingerprint density at radius 2 is 1.82 bits per heavy atom. The highest BCUT2D eigenvalue weighted by atomic mass is 19.1. The van der Waals surface area contributed by atoms with Crippen molar-refractivity contribution in [3.63, 3.8) is 0 Å². The number of ether oxygens (including phenoxy) is 1. The SMILES string of the molecule is C/C=C\C(=C/CC)COC(=O)CCNC(=O)C(N)CCN(C(=O)CO)C(c1cc(-c2cc(F)ccc2F)cn1Cc1ccccc1)C(C)(C)C. The largest absolute Gasteiger partial charge is 0.461 e. The van der Waals surface area contributed by atoms with Crippen molar-refractivity contribution in [1.29, 1.82) is 0 Å². The van der Waals surface area contributed by atoms with Crippen LogP contribution in [0, 0.1) is 17.0 Å². The fraction of sp³-hybridized carbons (Fsp3) is 0.410. The Morgan fingerprint density at radius 3 is 2.46 bits per heavy atom. The number of aromatic nitrogens is 1. The van der Waals surface area contributed by atoms with Gasteiger partial charge in [-0.15, -0.1) is 0 Å². The quantitative estimate of drug-likeness (QED) is 0.117. The summed E-state index contributed by atoms with van der Waals surface area (Å²) in [6.07, 6.45) is 8.24. The molecule has 0 aliphatic carbocycles.